The molecule has 0 fully saturated rings. The monoisotopic (exact) mass is 235 g/mol. The third kappa shape index (κ3) is 2.74. The maximum absolute atomic E-state index is 5.54. The van der Waals surface area contributed by atoms with Gasteiger partial charge in [-0.25, -0.2) is 4.98 Å². The molecule has 1 atom stereocenters. The Morgan fingerprint density at radius 3 is 3.00 bits per heavy atom. The number of ether oxygens (including phenoxy) is 1. The first-order valence-corrected chi connectivity index (χ1v) is 5.75. The molecule has 0 aliphatic rings. The van der Waals surface area contributed by atoms with E-state index >= 15 is 0 Å². The topological polar surface area (TPSA) is 53.1 Å². The summed E-state index contributed by atoms with van der Waals surface area (Å²) in [6.45, 7) is 7.19. The van der Waals surface area contributed by atoms with Crippen molar-refractivity contribution in [1.29, 1.82) is 0 Å². The molecule has 92 valence electrons. The summed E-state index contributed by atoms with van der Waals surface area (Å²) in [5.74, 6) is 1.73. The quantitative estimate of drug-likeness (QED) is 0.798. The third-order valence-electron chi connectivity index (χ3n) is 2.54. The number of nitrogens with zero attached hydrogens (tertiary/aromatic N) is 3. The van der Waals surface area contributed by atoms with Crippen LogP contribution in [-0.2, 0) is 11.3 Å². The van der Waals surface area contributed by atoms with Gasteiger partial charge < -0.3 is 13.8 Å². The largest absolute Gasteiger partial charge is 0.371 e. The van der Waals surface area contributed by atoms with Gasteiger partial charge in [0.05, 0.1) is 6.54 Å². The second kappa shape index (κ2) is 5.14. The van der Waals surface area contributed by atoms with E-state index in [4.69, 9.17) is 9.26 Å². The van der Waals surface area contributed by atoms with Crippen LogP contribution in [0.2, 0.25) is 0 Å². The lowest BCUT2D eigenvalue weighted by atomic mass is 10.3. The molecule has 5 heteroatoms. The van der Waals surface area contributed by atoms with Gasteiger partial charge in [-0.3, -0.25) is 0 Å². The average Bonchev–Trinajstić information content (AvgIpc) is 2.89. The van der Waals surface area contributed by atoms with Crippen molar-refractivity contribution in [3.8, 4) is 0 Å². The Morgan fingerprint density at radius 2 is 2.35 bits per heavy atom. The number of imidazole rings is 1. The number of hydrogen-bond donors (Lipinski definition) is 0. The fourth-order valence-corrected chi connectivity index (χ4v) is 1.80. The highest BCUT2D eigenvalue weighted by atomic mass is 16.5. The predicted molar refractivity (Wildman–Crippen MR) is 62.6 cm³/mol. The number of hydrogen-bond acceptors (Lipinski definition) is 4. The Kier molecular flexibility index (Phi) is 3.58. The van der Waals surface area contributed by atoms with Crippen molar-refractivity contribution in [2.24, 2.45) is 0 Å². The van der Waals surface area contributed by atoms with Gasteiger partial charge >= 0.3 is 0 Å². The molecule has 0 unspecified atom stereocenters. The second-order valence-corrected chi connectivity index (χ2v) is 3.94. The van der Waals surface area contributed by atoms with Gasteiger partial charge in [-0.1, -0.05) is 5.16 Å². The Bertz CT molecular complexity index is 476. The van der Waals surface area contributed by atoms with Crippen LogP contribution in [0.1, 0.15) is 37.2 Å². The minimum Gasteiger partial charge on any atom is -0.371 e. The van der Waals surface area contributed by atoms with Crippen LogP contribution in [0.25, 0.3) is 0 Å². The van der Waals surface area contributed by atoms with Crippen molar-refractivity contribution in [2.75, 3.05) is 6.61 Å². The van der Waals surface area contributed by atoms with Gasteiger partial charge in [0.1, 0.15) is 23.4 Å². The van der Waals surface area contributed by atoms with Crippen LogP contribution in [0.5, 0.6) is 0 Å². The molecule has 0 N–H and O–H groups in total. The average molecular weight is 235 g/mol. The van der Waals surface area contributed by atoms with Crippen molar-refractivity contribution < 1.29 is 9.26 Å². The van der Waals surface area contributed by atoms with Crippen molar-refractivity contribution in [3.05, 3.63) is 35.7 Å². The maximum atomic E-state index is 5.54. The number of aryl methyl sites for hydroxylation is 1. The molecule has 2 heterocycles. The van der Waals surface area contributed by atoms with Gasteiger partial charge in [0.25, 0.3) is 0 Å². The molecule has 0 aliphatic heterocycles. The SMILES string of the molecule is CCO[C@@H](C)c1nccn1Cc1cc(C)on1. The van der Waals surface area contributed by atoms with Crippen LogP contribution in [0.15, 0.2) is 23.0 Å². The summed E-state index contributed by atoms with van der Waals surface area (Å²) in [6.07, 6.45) is 3.69. The van der Waals surface area contributed by atoms with E-state index in [2.05, 4.69) is 10.1 Å². The van der Waals surface area contributed by atoms with E-state index in [9.17, 15) is 0 Å². The minimum absolute atomic E-state index is 0.0111. The van der Waals surface area contributed by atoms with Crippen LogP contribution in [0, 0.1) is 6.92 Å². The second-order valence-electron chi connectivity index (χ2n) is 3.94. The summed E-state index contributed by atoms with van der Waals surface area (Å²) in [7, 11) is 0. The molecule has 2 aromatic rings. The lowest BCUT2D eigenvalue weighted by molar-refractivity contribution is 0.0677. The molecule has 0 saturated heterocycles. The van der Waals surface area contributed by atoms with Crippen molar-refractivity contribution in [2.45, 2.75) is 33.4 Å². The molecule has 0 aliphatic carbocycles. The van der Waals surface area contributed by atoms with E-state index in [0.717, 1.165) is 17.3 Å². The molecule has 0 radical (unpaired) electrons. The normalized spacial score (nSPS) is 12.9. The van der Waals surface area contributed by atoms with Crippen LogP contribution >= 0.6 is 0 Å². The highest BCUT2D eigenvalue weighted by Crippen LogP contribution is 2.16. The number of aromatic nitrogens is 3. The van der Waals surface area contributed by atoms with Crippen LogP contribution in [0.3, 0.4) is 0 Å². The first kappa shape index (κ1) is 11.9. The van der Waals surface area contributed by atoms with Crippen LogP contribution in [-0.4, -0.2) is 21.3 Å². The van der Waals surface area contributed by atoms with Crippen LogP contribution in [0.4, 0.5) is 0 Å². The molecule has 17 heavy (non-hydrogen) atoms. The van der Waals surface area contributed by atoms with Gasteiger partial charge in [-0.05, 0) is 20.8 Å². The summed E-state index contributed by atoms with van der Waals surface area (Å²) >= 11 is 0. The minimum atomic E-state index is -0.0111. The molecular weight excluding hydrogens is 218 g/mol. The first-order chi connectivity index (χ1) is 8.20. The summed E-state index contributed by atoms with van der Waals surface area (Å²) in [4.78, 5) is 4.32. The molecular formula is C12H17N3O2. The lowest BCUT2D eigenvalue weighted by Gasteiger charge is -2.12. The predicted octanol–water partition coefficient (Wildman–Crippen LogP) is 2.33. The van der Waals surface area contributed by atoms with E-state index in [-0.39, 0.29) is 6.10 Å². The van der Waals surface area contributed by atoms with Crippen LogP contribution < -0.4 is 0 Å². The summed E-state index contributed by atoms with van der Waals surface area (Å²) in [5.41, 5.74) is 0.894. The molecule has 2 rings (SSSR count). The molecule has 0 saturated carbocycles. The van der Waals surface area contributed by atoms with E-state index in [1.54, 1.807) is 6.20 Å². The van der Waals surface area contributed by atoms with E-state index in [1.807, 2.05) is 37.6 Å². The van der Waals surface area contributed by atoms with Gasteiger partial charge in [-0.2, -0.15) is 0 Å². The molecule has 0 aromatic carbocycles. The Hall–Kier alpha value is -1.62. The zero-order valence-electron chi connectivity index (χ0n) is 10.4. The maximum Gasteiger partial charge on any atom is 0.137 e. The van der Waals surface area contributed by atoms with E-state index in [1.165, 1.54) is 0 Å². The fourth-order valence-electron chi connectivity index (χ4n) is 1.80. The van der Waals surface area contributed by atoms with E-state index < -0.39 is 0 Å². The highest BCUT2D eigenvalue weighted by Gasteiger charge is 2.13. The molecule has 5 nitrogen and oxygen atoms in total. The smallest absolute Gasteiger partial charge is 0.137 e. The Morgan fingerprint density at radius 1 is 1.53 bits per heavy atom. The summed E-state index contributed by atoms with van der Waals surface area (Å²) in [6, 6.07) is 1.93. The standard InChI is InChI=1S/C12H17N3O2/c1-4-16-10(3)12-13-5-6-15(12)8-11-7-9(2)17-14-11/h5-7,10H,4,8H2,1-3H3/t10-/m0/s1. The van der Waals surface area contributed by atoms with Gasteiger partial charge in [0.2, 0.25) is 0 Å². The van der Waals surface area contributed by atoms with Crippen molar-refractivity contribution in [3.63, 3.8) is 0 Å². The van der Waals surface area contributed by atoms with Crippen molar-refractivity contribution >= 4 is 0 Å². The van der Waals surface area contributed by atoms with Gasteiger partial charge in [0, 0.05) is 25.1 Å². The molecule has 0 spiro atoms. The lowest BCUT2D eigenvalue weighted by Crippen LogP contribution is -2.10. The summed E-state index contributed by atoms with van der Waals surface area (Å²) in [5, 5.41) is 3.97. The third-order valence-corrected chi connectivity index (χ3v) is 2.54. The van der Waals surface area contributed by atoms with Gasteiger partial charge in [-0.15, -0.1) is 0 Å². The Labute approximate surface area is 100 Å². The van der Waals surface area contributed by atoms with Gasteiger partial charge in [0.15, 0.2) is 0 Å². The Balaban J connectivity index is 2.13. The summed E-state index contributed by atoms with van der Waals surface area (Å²) < 4.78 is 12.6. The molecule has 0 amide bonds. The molecule has 0 bridgehead atoms. The molecule has 2 aromatic heterocycles. The number of rotatable bonds is 5. The zero-order chi connectivity index (χ0) is 12.3. The van der Waals surface area contributed by atoms with Crippen molar-refractivity contribution in [1.82, 2.24) is 14.7 Å². The fraction of sp³-hybridized carbons (Fsp3) is 0.500. The van der Waals surface area contributed by atoms with E-state index in [0.29, 0.717) is 13.2 Å². The zero-order valence-corrected chi connectivity index (χ0v) is 10.4. The first-order valence-electron chi connectivity index (χ1n) is 5.75. The highest BCUT2D eigenvalue weighted by molar-refractivity contribution is 5.07.